The number of amides is 2. The first kappa shape index (κ1) is 16.0. The van der Waals surface area contributed by atoms with E-state index in [9.17, 15) is 9.59 Å². The van der Waals surface area contributed by atoms with Gasteiger partial charge < -0.3 is 15.7 Å². The van der Waals surface area contributed by atoms with E-state index in [1.807, 2.05) is 26.8 Å². The molecule has 0 unspecified atom stereocenters. The lowest BCUT2D eigenvalue weighted by molar-refractivity contribution is 0.0696. The number of benzene rings is 1. The Morgan fingerprint density at radius 2 is 1.90 bits per heavy atom. The third-order valence-electron chi connectivity index (χ3n) is 2.65. The molecule has 5 heteroatoms. The standard InChI is InChI=1S/C15H22N2O3/c1-15(2,3)10-17-14(20)16-8-7-11-5-4-6-12(9-11)13(18)19/h4-6,9H,7-8,10H2,1-3H3,(H,18,19)(H2,16,17,20). The van der Waals surface area contributed by atoms with Crippen LogP contribution in [-0.4, -0.2) is 30.2 Å². The van der Waals surface area contributed by atoms with Crippen LogP contribution >= 0.6 is 0 Å². The summed E-state index contributed by atoms with van der Waals surface area (Å²) < 4.78 is 0. The highest BCUT2D eigenvalue weighted by atomic mass is 16.4. The van der Waals surface area contributed by atoms with E-state index in [0.29, 0.717) is 19.5 Å². The zero-order valence-electron chi connectivity index (χ0n) is 12.2. The lowest BCUT2D eigenvalue weighted by Gasteiger charge is -2.18. The summed E-state index contributed by atoms with van der Waals surface area (Å²) in [6.45, 7) is 7.21. The SMILES string of the molecule is CC(C)(C)CNC(=O)NCCc1cccc(C(=O)O)c1. The summed E-state index contributed by atoms with van der Waals surface area (Å²) in [5.74, 6) is -0.942. The van der Waals surface area contributed by atoms with Crippen LogP contribution in [-0.2, 0) is 6.42 Å². The molecule has 1 aromatic rings. The number of hydrogen-bond donors (Lipinski definition) is 3. The van der Waals surface area contributed by atoms with E-state index in [0.717, 1.165) is 5.56 Å². The molecule has 1 rings (SSSR count). The highest BCUT2D eigenvalue weighted by Gasteiger charge is 2.11. The van der Waals surface area contributed by atoms with E-state index in [4.69, 9.17) is 5.11 Å². The summed E-state index contributed by atoms with van der Waals surface area (Å²) in [7, 11) is 0. The number of hydrogen-bond acceptors (Lipinski definition) is 2. The van der Waals surface area contributed by atoms with Gasteiger partial charge in [-0.1, -0.05) is 32.9 Å². The van der Waals surface area contributed by atoms with Gasteiger partial charge in [0.05, 0.1) is 5.56 Å². The topological polar surface area (TPSA) is 78.4 Å². The first-order chi connectivity index (χ1) is 9.28. The van der Waals surface area contributed by atoms with Crippen molar-refractivity contribution in [2.45, 2.75) is 27.2 Å². The maximum Gasteiger partial charge on any atom is 0.335 e. The van der Waals surface area contributed by atoms with Gasteiger partial charge in [-0.05, 0) is 29.5 Å². The molecular formula is C15H22N2O3. The number of urea groups is 1. The Hall–Kier alpha value is -2.04. The summed E-state index contributed by atoms with van der Waals surface area (Å²) in [5, 5.41) is 14.4. The Morgan fingerprint density at radius 3 is 2.50 bits per heavy atom. The van der Waals surface area contributed by atoms with Gasteiger partial charge in [-0.2, -0.15) is 0 Å². The Balaban J connectivity index is 2.35. The van der Waals surface area contributed by atoms with Crippen molar-refractivity contribution in [3.63, 3.8) is 0 Å². The Kier molecular flexibility index (Phi) is 5.55. The lowest BCUT2D eigenvalue weighted by atomic mass is 9.97. The summed E-state index contributed by atoms with van der Waals surface area (Å²) in [6, 6.07) is 6.53. The molecule has 0 bridgehead atoms. The quantitative estimate of drug-likeness (QED) is 0.773. The van der Waals surface area contributed by atoms with Crippen LogP contribution in [0, 0.1) is 5.41 Å². The van der Waals surface area contributed by atoms with Crippen LogP contribution in [0.3, 0.4) is 0 Å². The summed E-state index contributed by atoms with van der Waals surface area (Å²) in [4.78, 5) is 22.4. The molecule has 2 amide bonds. The van der Waals surface area contributed by atoms with Crippen molar-refractivity contribution in [3.05, 3.63) is 35.4 Å². The number of aromatic carboxylic acids is 1. The Labute approximate surface area is 119 Å². The minimum atomic E-state index is -0.942. The first-order valence-electron chi connectivity index (χ1n) is 6.62. The van der Waals surface area contributed by atoms with E-state index < -0.39 is 5.97 Å². The second-order valence-corrected chi connectivity index (χ2v) is 5.93. The molecule has 0 saturated heterocycles. The molecule has 110 valence electrons. The van der Waals surface area contributed by atoms with Crippen LogP contribution in [0.5, 0.6) is 0 Å². The van der Waals surface area contributed by atoms with Crippen molar-refractivity contribution >= 4 is 12.0 Å². The summed E-state index contributed by atoms with van der Waals surface area (Å²) in [6.07, 6.45) is 0.601. The molecule has 0 saturated carbocycles. The predicted molar refractivity (Wildman–Crippen MR) is 78.0 cm³/mol. The van der Waals surface area contributed by atoms with Crippen LogP contribution in [0.1, 0.15) is 36.7 Å². The molecule has 0 aromatic heterocycles. The van der Waals surface area contributed by atoms with Crippen LogP contribution in [0.25, 0.3) is 0 Å². The van der Waals surface area contributed by atoms with Gasteiger partial charge in [-0.15, -0.1) is 0 Å². The van der Waals surface area contributed by atoms with Crippen molar-refractivity contribution in [2.75, 3.05) is 13.1 Å². The average molecular weight is 278 g/mol. The van der Waals surface area contributed by atoms with Crippen molar-refractivity contribution in [1.29, 1.82) is 0 Å². The second-order valence-electron chi connectivity index (χ2n) is 5.93. The zero-order valence-corrected chi connectivity index (χ0v) is 12.2. The molecule has 0 fully saturated rings. The van der Waals surface area contributed by atoms with E-state index in [-0.39, 0.29) is 17.0 Å². The molecule has 5 nitrogen and oxygen atoms in total. The van der Waals surface area contributed by atoms with Crippen LogP contribution in [0.4, 0.5) is 4.79 Å². The van der Waals surface area contributed by atoms with Crippen LogP contribution < -0.4 is 10.6 Å². The van der Waals surface area contributed by atoms with E-state index in [2.05, 4.69) is 10.6 Å². The minimum absolute atomic E-state index is 0.0488. The third kappa shape index (κ3) is 6.22. The molecule has 0 aliphatic rings. The lowest BCUT2D eigenvalue weighted by Crippen LogP contribution is -2.40. The van der Waals surface area contributed by atoms with Gasteiger partial charge in [0.15, 0.2) is 0 Å². The highest BCUT2D eigenvalue weighted by molar-refractivity contribution is 5.87. The van der Waals surface area contributed by atoms with Crippen LogP contribution in [0.15, 0.2) is 24.3 Å². The number of carboxylic acids is 1. The van der Waals surface area contributed by atoms with Gasteiger partial charge in [0.1, 0.15) is 0 Å². The Morgan fingerprint density at radius 1 is 1.20 bits per heavy atom. The Bertz CT molecular complexity index is 478. The third-order valence-corrected chi connectivity index (χ3v) is 2.65. The van der Waals surface area contributed by atoms with Gasteiger partial charge in [-0.3, -0.25) is 0 Å². The molecule has 0 heterocycles. The number of carbonyl (C=O) groups is 2. The summed E-state index contributed by atoms with van der Waals surface area (Å²) in [5.41, 5.74) is 1.20. The molecule has 0 spiro atoms. The largest absolute Gasteiger partial charge is 0.478 e. The zero-order chi connectivity index (χ0) is 15.2. The van der Waals surface area contributed by atoms with Crippen molar-refractivity contribution < 1.29 is 14.7 Å². The van der Waals surface area contributed by atoms with Gasteiger partial charge in [0, 0.05) is 13.1 Å². The first-order valence-corrected chi connectivity index (χ1v) is 6.62. The fraction of sp³-hybridized carbons (Fsp3) is 0.467. The van der Waals surface area contributed by atoms with E-state index in [1.165, 1.54) is 0 Å². The molecule has 0 atom stereocenters. The predicted octanol–water partition coefficient (Wildman–Crippen LogP) is 2.27. The van der Waals surface area contributed by atoms with Gasteiger partial charge in [0.25, 0.3) is 0 Å². The molecular weight excluding hydrogens is 256 g/mol. The fourth-order valence-electron chi connectivity index (χ4n) is 1.59. The second kappa shape index (κ2) is 6.93. The van der Waals surface area contributed by atoms with Crippen molar-refractivity contribution in [1.82, 2.24) is 10.6 Å². The molecule has 1 aromatic carbocycles. The van der Waals surface area contributed by atoms with Crippen molar-refractivity contribution in [3.8, 4) is 0 Å². The molecule has 0 aliphatic heterocycles. The molecule has 0 aliphatic carbocycles. The van der Waals surface area contributed by atoms with Gasteiger partial charge >= 0.3 is 12.0 Å². The van der Waals surface area contributed by atoms with Crippen LogP contribution in [0.2, 0.25) is 0 Å². The van der Waals surface area contributed by atoms with Crippen molar-refractivity contribution in [2.24, 2.45) is 5.41 Å². The fourth-order valence-corrected chi connectivity index (χ4v) is 1.59. The highest BCUT2D eigenvalue weighted by Crippen LogP contribution is 2.10. The average Bonchev–Trinajstić information content (AvgIpc) is 2.36. The minimum Gasteiger partial charge on any atom is -0.478 e. The molecule has 3 N–H and O–H groups in total. The maximum atomic E-state index is 11.5. The van der Waals surface area contributed by atoms with E-state index >= 15 is 0 Å². The number of carbonyl (C=O) groups excluding carboxylic acids is 1. The number of nitrogens with one attached hydrogen (secondary N) is 2. The number of carboxylic acid groups (broad SMARTS) is 1. The number of rotatable bonds is 5. The maximum absolute atomic E-state index is 11.5. The van der Waals surface area contributed by atoms with Gasteiger partial charge in [-0.25, -0.2) is 9.59 Å². The monoisotopic (exact) mass is 278 g/mol. The van der Waals surface area contributed by atoms with Gasteiger partial charge in [0.2, 0.25) is 0 Å². The normalized spacial score (nSPS) is 10.9. The summed E-state index contributed by atoms with van der Waals surface area (Å²) >= 11 is 0. The molecule has 20 heavy (non-hydrogen) atoms. The molecule has 0 radical (unpaired) electrons. The smallest absolute Gasteiger partial charge is 0.335 e. The van der Waals surface area contributed by atoms with E-state index in [1.54, 1.807) is 18.2 Å².